The predicted octanol–water partition coefficient (Wildman–Crippen LogP) is 3.49. The van der Waals surface area contributed by atoms with E-state index in [1.807, 2.05) is 0 Å². The minimum atomic E-state index is 0.427. The first kappa shape index (κ1) is 14.2. The third kappa shape index (κ3) is 3.09. The average Bonchev–Trinajstić information content (AvgIpc) is 3.00. The van der Waals surface area contributed by atoms with Gasteiger partial charge in [0.15, 0.2) is 0 Å². The van der Waals surface area contributed by atoms with Gasteiger partial charge in [-0.05, 0) is 56.7 Å². The van der Waals surface area contributed by atoms with Crippen LogP contribution in [0.2, 0.25) is 0 Å². The molecule has 2 aliphatic rings. The molecule has 1 heterocycles. The summed E-state index contributed by atoms with van der Waals surface area (Å²) in [5, 5.41) is 0. The lowest BCUT2D eigenvalue weighted by Crippen LogP contribution is -2.40. The van der Waals surface area contributed by atoms with E-state index < -0.39 is 0 Å². The zero-order valence-corrected chi connectivity index (χ0v) is 12.8. The van der Waals surface area contributed by atoms with Crippen LogP contribution in [0, 0.1) is 5.92 Å². The Morgan fingerprint density at radius 2 is 1.95 bits per heavy atom. The fraction of sp³-hybridized carbons (Fsp3) is 0.765. The first-order valence-corrected chi connectivity index (χ1v) is 8.25. The maximum absolute atomic E-state index is 6.06. The lowest BCUT2D eigenvalue weighted by molar-refractivity contribution is 0.139. The van der Waals surface area contributed by atoms with E-state index in [4.69, 9.17) is 10.2 Å². The van der Waals surface area contributed by atoms with E-state index in [1.54, 1.807) is 0 Å². The van der Waals surface area contributed by atoms with E-state index in [2.05, 4.69) is 30.9 Å². The minimum absolute atomic E-state index is 0.427. The Hall–Kier alpha value is -0.800. The Morgan fingerprint density at radius 3 is 2.55 bits per heavy atom. The molecule has 0 aliphatic heterocycles. The summed E-state index contributed by atoms with van der Waals surface area (Å²) >= 11 is 0. The zero-order valence-electron chi connectivity index (χ0n) is 12.8. The van der Waals surface area contributed by atoms with E-state index in [0.717, 1.165) is 24.8 Å². The van der Waals surface area contributed by atoms with Gasteiger partial charge in [0, 0.05) is 18.0 Å². The smallest absolute Gasteiger partial charge is 0.118 e. The summed E-state index contributed by atoms with van der Waals surface area (Å²) in [6.07, 6.45) is 6.11. The van der Waals surface area contributed by atoms with Crippen LogP contribution in [-0.2, 0) is 6.54 Å². The van der Waals surface area contributed by atoms with E-state index in [1.165, 1.54) is 37.9 Å². The summed E-state index contributed by atoms with van der Waals surface area (Å²) < 4.78 is 6.06. The normalized spacial score (nSPS) is 33.6. The number of rotatable bonds is 5. The monoisotopic (exact) mass is 276 g/mol. The van der Waals surface area contributed by atoms with Crippen LogP contribution in [0.5, 0.6) is 0 Å². The van der Waals surface area contributed by atoms with Gasteiger partial charge in [0.1, 0.15) is 11.5 Å². The first-order valence-electron chi connectivity index (χ1n) is 8.25. The highest BCUT2D eigenvalue weighted by Gasteiger charge is 2.36. The van der Waals surface area contributed by atoms with Crippen molar-refractivity contribution in [1.29, 1.82) is 0 Å². The van der Waals surface area contributed by atoms with Crippen LogP contribution >= 0.6 is 0 Å². The van der Waals surface area contributed by atoms with Gasteiger partial charge < -0.3 is 10.2 Å². The van der Waals surface area contributed by atoms with Gasteiger partial charge in [-0.15, -0.1) is 0 Å². The molecule has 0 amide bonds. The van der Waals surface area contributed by atoms with Crippen molar-refractivity contribution in [2.75, 3.05) is 6.54 Å². The zero-order chi connectivity index (χ0) is 14.1. The second-order valence-corrected chi connectivity index (χ2v) is 6.76. The fourth-order valence-corrected chi connectivity index (χ4v) is 3.56. The van der Waals surface area contributed by atoms with Crippen molar-refractivity contribution in [1.82, 2.24) is 4.90 Å². The van der Waals surface area contributed by atoms with Gasteiger partial charge in [-0.2, -0.15) is 0 Å². The van der Waals surface area contributed by atoms with Crippen LogP contribution < -0.4 is 5.73 Å². The summed E-state index contributed by atoms with van der Waals surface area (Å²) in [6, 6.07) is 5.48. The highest BCUT2D eigenvalue weighted by molar-refractivity contribution is 5.17. The van der Waals surface area contributed by atoms with Crippen molar-refractivity contribution in [3.8, 4) is 0 Å². The lowest BCUT2D eigenvalue weighted by Gasteiger charge is -2.34. The van der Waals surface area contributed by atoms with Crippen LogP contribution in [0.4, 0.5) is 0 Å². The molecule has 2 fully saturated rings. The van der Waals surface area contributed by atoms with Gasteiger partial charge in [0.2, 0.25) is 0 Å². The van der Waals surface area contributed by atoms with E-state index in [0.29, 0.717) is 18.0 Å². The second-order valence-electron chi connectivity index (χ2n) is 6.76. The van der Waals surface area contributed by atoms with Gasteiger partial charge in [-0.1, -0.05) is 13.8 Å². The third-order valence-corrected chi connectivity index (χ3v) is 5.18. The van der Waals surface area contributed by atoms with Crippen LogP contribution in [0.25, 0.3) is 0 Å². The summed E-state index contributed by atoms with van der Waals surface area (Å²) in [4.78, 5) is 2.56. The van der Waals surface area contributed by atoms with E-state index in [9.17, 15) is 0 Å². The minimum Gasteiger partial charge on any atom is -0.464 e. The maximum atomic E-state index is 6.06. The molecule has 0 bridgehead atoms. The molecule has 3 heteroatoms. The summed E-state index contributed by atoms with van der Waals surface area (Å²) in [5.74, 6) is 3.84. The second kappa shape index (κ2) is 5.90. The maximum Gasteiger partial charge on any atom is 0.118 e. The van der Waals surface area contributed by atoms with Crippen molar-refractivity contribution in [2.24, 2.45) is 11.7 Å². The lowest BCUT2D eigenvalue weighted by atomic mass is 9.90. The molecule has 1 aromatic heterocycles. The average molecular weight is 276 g/mol. The number of nitrogens with two attached hydrogens (primary N) is 1. The standard InChI is InChI=1S/C17H28N2O/c1-3-19(14-6-4-13(18)5-7-14)11-15-8-9-17(20-15)16-10-12(16)2/h8-9,12-14,16H,3-7,10-11,18H2,1-2H3. The van der Waals surface area contributed by atoms with Gasteiger partial charge in [-0.3, -0.25) is 4.90 Å². The molecule has 2 N–H and O–H groups in total. The summed E-state index contributed by atoms with van der Waals surface area (Å²) in [7, 11) is 0. The van der Waals surface area contributed by atoms with Crippen molar-refractivity contribution >= 4 is 0 Å². The molecule has 0 aromatic carbocycles. The Bertz CT molecular complexity index is 434. The number of hydrogen-bond donors (Lipinski definition) is 1. The molecule has 2 aliphatic carbocycles. The van der Waals surface area contributed by atoms with Crippen LogP contribution in [0.15, 0.2) is 16.5 Å². The number of hydrogen-bond acceptors (Lipinski definition) is 3. The molecule has 2 atom stereocenters. The molecule has 2 unspecified atom stereocenters. The molecule has 2 saturated carbocycles. The molecule has 3 rings (SSSR count). The number of furan rings is 1. The first-order chi connectivity index (χ1) is 9.67. The van der Waals surface area contributed by atoms with Gasteiger partial charge in [0.05, 0.1) is 6.54 Å². The van der Waals surface area contributed by atoms with Crippen molar-refractivity contribution in [2.45, 2.75) is 70.5 Å². The Kier molecular flexibility index (Phi) is 4.18. The molecule has 3 nitrogen and oxygen atoms in total. The highest BCUT2D eigenvalue weighted by Crippen LogP contribution is 2.47. The predicted molar refractivity (Wildman–Crippen MR) is 81.5 cm³/mol. The third-order valence-electron chi connectivity index (χ3n) is 5.18. The molecule has 0 spiro atoms. The molecule has 1 aromatic rings. The number of nitrogens with zero attached hydrogens (tertiary/aromatic N) is 1. The molecule has 0 radical (unpaired) electrons. The van der Waals surface area contributed by atoms with Crippen molar-refractivity contribution in [3.05, 3.63) is 23.7 Å². The largest absolute Gasteiger partial charge is 0.464 e. The highest BCUT2D eigenvalue weighted by atomic mass is 16.3. The molecular weight excluding hydrogens is 248 g/mol. The van der Waals surface area contributed by atoms with Crippen LogP contribution in [0.3, 0.4) is 0 Å². The van der Waals surface area contributed by atoms with Gasteiger partial charge >= 0.3 is 0 Å². The molecular formula is C17H28N2O. The molecule has 20 heavy (non-hydrogen) atoms. The fourth-order valence-electron chi connectivity index (χ4n) is 3.56. The Morgan fingerprint density at radius 1 is 1.25 bits per heavy atom. The van der Waals surface area contributed by atoms with Gasteiger partial charge in [0.25, 0.3) is 0 Å². The summed E-state index contributed by atoms with van der Waals surface area (Å²) in [5.41, 5.74) is 6.01. The van der Waals surface area contributed by atoms with Crippen molar-refractivity contribution < 1.29 is 4.42 Å². The van der Waals surface area contributed by atoms with Crippen LogP contribution in [-0.4, -0.2) is 23.5 Å². The topological polar surface area (TPSA) is 42.4 Å². The van der Waals surface area contributed by atoms with E-state index in [-0.39, 0.29) is 0 Å². The SMILES string of the molecule is CCN(Cc1ccc(C2CC2C)o1)C1CCC(N)CC1. The van der Waals surface area contributed by atoms with Crippen LogP contribution in [0.1, 0.15) is 63.4 Å². The Labute approximate surface area is 122 Å². The summed E-state index contributed by atoms with van der Waals surface area (Å²) in [6.45, 7) is 6.60. The molecule has 0 saturated heterocycles. The van der Waals surface area contributed by atoms with Gasteiger partial charge in [-0.25, -0.2) is 0 Å². The Balaban J connectivity index is 1.58. The quantitative estimate of drug-likeness (QED) is 0.895. The molecule has 112 valence electrons. The van der Waals surface area contributed by atoms with E-state index >= 15 is 0 Å². The van der Waals surface area contributed by atoms with Crippen molar-refractivity contribution in [3.63, 3.8) is 0 Å².